The average Bonchev–Trinajstić information content (AvgIpc) is 2.45. The van der Waals surface area contributed by atoms with Crippen molar-refractivity contribution in [3.8, 4) is 0 Å². The van der Waals surface area contributed by atoms with Gasteiger partial charge in [0.15, 0.2) is 0 Å². The van der Waals surface area contributed by atoms with Crippen LogP contribution in [-0.4, -0.2) is 28.1 Å². The number of halogens is 5. The van der Waals surface area contributed by atoms with Gasteiger partial charge in [0.25, 0.3) is 0 Å². The molecule has 10 heteroatoms. The largest absolute Gasteiger partial charge is 0.417 e. The van der Waals surface area contributed by atoms with Gasteiger partial charge in [-0.3, -0.25) is 0 Å². The van der Waals surface area contributed by atoms with Gasteiger partial charge < -0.3 is 5.32 Å². The van der Waals surface area contributed by atoms with Crippen LogP contribution in [0.1, 0.15) is 25.3 Å². The van der Waals surface area contributed by atoms with Crippen LogP contribution >= 0.6 is 24.0 Å². The van der Waals surface area contributed by atoms with Crippen molar-refractivity contribution in [2.75, 3.05) is 19.6 Å². The van der Waals surface area contributed by atoms with Crippen LogP contribution < -0.4 is 10.0 Å². The van der Waals surface area contributed by atoms with E-state index in [9.17, 15) is 21.6 Å². The summed E-state index contributed by atoms with van der Waals surface area (Å²) < 4.78 is 66.2. The molecule has 0 spiro atoms. The maximum absolute atomic E-state index is 13.1. The molecule has 0 atom stereocenters. The molecule has 1 fully saturated rings. The molecule has 2 N–H and O–H groups in total. The summed E-state index contributed by atoms with van der Waals surface area (Å²) in [5.41, 5.74) is -1.53. The fourth-order valence-corrected chi connectivity index (χ4v) is 4.09. The van der Waals surface area contributed by atoms with E-state index in [4.69, 9.17) is 11.6 Å². The third kappa shape index (κ3) is 5.23. The molecule has 1 aromatic carbocycles. The number of rotatable bonds is 4. The van der Waals surface area contributed by atoms with Crippen LogP contribution in [0, 0.1) is 5.41 Å². The predicted molar refractivity (Wildman–Crippen MR) is 89.1 cm³/mol. The first-order valence-corrected chi connectivity index (χ1v) is 8.97. The summed E-state index contributed by atoms with van der Waals surface area (Å²) in [4.78, 5) is -0.799. The second-order valence-electron chi connectivity index (χ2n) is 6.02. The lowest BCUT2D eigenvalue weighted by molar-refractivity contribution is -0.139. The fourth-order valence-electron chi connectivity index (χ4n) is 2.51. The summed E-state index contributed by atoms with van der Waals surface area (Å²) in [5, 5.41) is 3.00. The van der Waals surface area contributed by atoms with Crippen LogP contribution in [0.4, 0.5) is 13.2 Å². The number of alkyl halides is 3. The van der Waals surface area contributed by atoms with Gasteiger partial charge in [-0.1, -0.05) is 18.5 Å². The number of benzene rings is 1. The summed E-state index contributed by atoms with van der Waals surface area (Å²) in [6, 6.07) is 2.65. The zero-order valence-electron chi connectivity index (χ0n) is 12.9. The molecule has 1 saturated heterocycles. The van der Waals surface area contributed by atoms with Gasteiger partial charge in [-0.2, -0.15) is 13.2 Å². The molecule has 0 amide bonds. The number of sulfonamides is 1. The fraction of sp³-hybridized carbons (Fsp3) is 0.571. The summed E-state index contributed by atoms with van der Waals surface area (Å²) in [6.07, 6.45) is -3.29. The maximum Gasteiger partial charge on any atom is 0.417 e. The lowest BCUT2D eigenvalue weighted by Gasteiger charge is -2.34. The van der Waals surface area contributed by atoms with Crippen molar-refractivity contribution in [3.63, 3.8) is 0 Å². The van der Waals surface area contributed by atoms with E-state index in [2.05, 4.69) is 10.0 Å². The van der Waals surface area contributed by atoms with Gasteiger partial charge in [-0.15, -0.1) is 12.4 Å². The first kappa shape index (κ1) is 21.5. The summed E-state index contributed by atoms with van der Waals surface area (Å²) in [6.45, 7) is 3.53. The molecule has 138 valence electrons. The molecule has 1 aromatic rings. The number of piperidine rings is 1. The maximum atomic E-state index is 13.1. The van der Waals surface area contributed by atoms with Gasteiger partial charge in [0, 0.05) is 11.6 Å². The quantitative estimate of drug-likeness (QED) is 0.804. The third-order valence-corrected chi connectivity index (χ3v) is 5.73. The van der Waals surface area contributed by atoms with Crippen LogP contribution in [0.25, 0.3) is 0 Å². The van der Waals surface area contributed by atoms with Crippen LogP contribution in [-0.2, 0) is 16.2 Å². The highest BCUT2D eigenvalue weighted by atomic mass is 35.5. The Morgan fingerprint density at radius 3 is 2.42 bits per heavy atom. The molecule has 2 rings (SSSR count). The molecule has 1 aliphatic heterocycles. The second kappa shape index (κ2) is 7.78. The molecule has 0 aliphatic carbocycles. The molecule has 1 heterocycles. The van der Waals surface area contributed by atoms with Crippen molar-refractivity contribution in [1.82, 2.24) is 10.0 Å². The minimum Gasteiger partial charge on any atom is -0.317 e. The number of hydrogen-bond acceptors (Lipinski definition) is 3. The number of hydrogen-bond donors (Lipinski definition) is 2. The van der Waals surface area contributed by atoms with Crippen molar-refractivity contribution < 1.29 is 21.6 Å². The van der Waals surface area contributed by atoms with Gasteiger partial charge in [0.05, 0.1) is 10.5 Å². The van der Waals surface area contributed by atoms with Crippen LogP contribution in [0.3, 0.4) is 0 Å². The summed E-state index contributed by atoms with van der Waals surface area (Å²) in [7, 11) is -4.28. The molecular weight excluding hydrogens is 388 g/mol. The average molecular weight is 407 g/mol. The Morgan fingerprint density at radius 2 is 1.88 bits per heavy atom. The highest BCUT2D eigenvalue weighted by molar-refractivity contribution is 7.89. The van der Waals surface area contributed by atoms with Crippen LogP contribution in [0.5, 0.6) is 0 Å². The molecule has 0 aromatic heterocycles. The van der Waals surface area contributed by atoms with Crippen molar-refractivity contribution in [2.24, 2.45) is 5.41 Å². The number of nitrogens with one attached hydrogen (secondary N) is 2. The first-order chi connectivity index (χ1) is 10.5. The minimum absolute atomic E-state index is 0. The summed E-state index contributed by atoms with van der Waals surface area (Å²) in [5.74, 6) is 0. The highest BCUT2D eigenvalue weighted by Crippen LogP contribution is 2.36. The minimum atomic E-state index is -4.80. The Hall–Kier alpha value is -0.540. The highest BCUT2D eigenvalue weighted by Gasteiger charge is 2.38. The van der Waals surface area contributed by atoms with Gasteiger partial charge in [-0.05, 0) is 49.5 Å². The van der Waals surface area contributed by atoms with Gasteiger partial charge in [-0.25, -0.2) is 13.1 Å². The van der Waals surface area contributed by atoms with E-state index < -0.39 is 26.7 Å². The van der Waals surface area contributed by atoms with E-state index >= 15 is 0 Å². The van der Waals surface area contributed by atoms with Crippen LogP contribution in [0.15, 0.2) is 23.1 Å². The van der Waals surface area contributed by atoms with Crippen LogP contribution in [0.2, 0.25) is 5.02 Å². The van der Waals surface area contributed by atoms with E-state index in [1.807, 2.05) is 6.92 Å². The lowest BCUT2D eigenvalue weighted by atomic mass is 9.81. The molecule has 4 nitrogen and oxygen atoms in total. The Kier molecular flexibility index (Phi) is 6.97. The summed E-state index contributed by atoms with van der Waals surface area (Å²) >= 11 is 5.57. The monoisotopic (exact) mass is 406 g/mol. The Labute approximate surface area is 150 Å². The zero-order chi connectivity index (χ0) is 17.3. The van der Waals surface area contributed by atoms with Gasteiger partial charge in [0.1, 0.15) is 0 Å². The predicted octanol–water partition coefficient (Wildman–Crippen LogP) is 3.45. The van der Waals surface area contributed by atoms with Crippen molar-refractivity contribution in [2.45, 2.75) is 30.8 Å². The molecule has 0 bridgehead atoms. The van der Waals surface area contributed by atoms with E-state index in [1.165, 1.54) is 0 Å². The van der Waals surface area contributed by atoms with E-state index in [0.29, 0.717) is 6.07 Å². The standard InChI is InChI=1S/C14H18ClF3N2O2S.ClH/c1-13(4-6-19-7-5-13)9-20-23(21,22)12-3-2-10(15)8-11(12)14(16,17)18;/h2-3,8,19-20H,4-7,9H2,1H3;1H. The smallest absolute Gasteiger partial charge is 0.317 e. The lowest BCUT2D eigenvalue weighted by Crippen LogP contribution is -2.43. The van der Waals surface area contributed by atoms with Gasteiger partial charge in [0.2, 0.25) is 10.0 Å². The molecule has 0 saturated carbocycles. The van der Waals surface area contributed by atoms with Crippen molar-refractivity contribution in [1.29, 1.82) is 0 Å². The van der Waals surface area contributed by atoms with Crippen molar-refractivity contribution in [3.05, 3.63) is 28.8 Å². The molecular formula is C14H19Cl2F3N2O2S. The van der Waals surface area contributed by atoms with Crippen molar-refractivity contribution >= 4 is 34.0 Å². The Bertz CT molecular complexity index is 675. The molecule has 0 unspecified atom stereocenters. The Morgan fingerprint density at radius 1 is 1.29 bits per heavy atom. The molecule has 24 heavy (non-hydrogen) atoms. The normalized spacial score (nSPS) is 18.0. The second-order valence-corrected chi connectivity index (χ2v) is 8.20. The zero-order valence-corrected chi connectivity index (χ0v) is 15.3. The first-order valence-electron chi connectivity index (χ1n) is 7.11. The molecule has 1 aliphatic rings. The van der Waals surface area contributed by atoms with E-state index in [1.54, 1.807) is 0 Å². The SMILES string of the molecule is CC1(CNS(=O)(=O)c2ccc(Cl)cc2C(F)(F)F)CCNCC1.Cl. The van der Waals surface area contributed by atoms with Gasteiger partial charge >= 0.3 is 6.18 Å². The van der Waals surface area contributed by atoms with E-state index in [0.717, 1.165) is 38.1 Å². The van der Waals surface area contributed by atoms with E-state index in [-0.39, 0.29) is 29.4 Å². The third-order valence-electron chi connectivity index (χ3n) is 4.04. The Balaban J connectivity index is 0.00000288. The topological polar surface area (TPSA) is 58.2 Å². The molecule has 0 radical (unpaired) electrons.